The summed E-state index contributed by atoms with van der Waals surface area (Å²) in [6, 6.07) is 5.61. The average molecular weight is 293 g/mol. The van der Waals surface area contributed by atoms with E-state index in [1.807, 2.05) is 20.0 Å². The quantitative estimate of drug-likeness (QED) is 0.848. The molecule has 21 heavy (non-hydrogen) atoms. The molecule has 114 valence electrons. The van der Waals surface area contributed by atoms with E-state index in [-0.39, 0.29) is 11.6 Å². The van der Waals surface area contributed by atoms with E-state index in [0.717, 1.165) is 18.7 Å². The van der Waals surface area contributed by atoms with Crippen LogP contribution in [0.3, 0.4) is 0 Å². The van der Waals surface area contributed by atoms with E-state index in [0.29, 0.717) is 12.8 Å². The molecule has 0 spiro atoms. The highest BCUT2D eigenvalue weighted by Crippen LogP contribution is 2.24. The molecule has 5 heteroatoms. The Hall–Kier alpha value is -1.75. The van der Waals surface area contributed by atoms with Gasteiger partial charge >= 0.3 is 0 Å². The highest BCUT2D eigenvalue weighted by atomic mass is 19.1. The van der Waals surface area contributed by atoms with Gasteiger partial charge in [0.2, 0.25) is 0 Å². The van der Waals surface area contributed by atoms with Gasteiger partial charge < -0.3 is 5.32 Å². The molecule has 1 aromatic carbocycles. The molecule has 0 aliphatic heterocycles. The van der Waals surface area contributed by atoms with Gasteiger partial charge in [-0.3, -0.25) is 4.68 Å². The van der Waals surface area contributed by atoms with Crippen molar-refractivity contribution in [3.8, 4) is 0 Å². The number of halogens is 2. The molecule has 1 atom stereocenters. The molecule has 0 fully saturated rings. The summed E-state index contributed by atoms with van der Waals surface area (Å²) in [6.07, 6.45) is 3.98. The number of aromatic nitrogens is 2. The minimum atomic E-state index is -0.492. The molecular weight excluding hydrogens is 272 g/mol. The first-order valence-electron chi connectivity index (χ1n) is 7.27. The van der Waals surface area contributed by atoms with Crippen LogP contribution in [0.25, 0.3) is 0 Å². The Morgan fingerprint density at radius 3 is 2.52 bits per heavy atom. The molecular formula is C16H21F2N3. The number of nitrogens with one attached hydrogen (secondary N) is 1. The maximum Gasteiger partial charge on any atom is 0.130 e. The van der Waals surface area contributed by atoms with Gasteiger partial charge in [-0.2, -0.15) is 5.10 Å². The van der Waals surface area contributed by atoms with Gasteiger partial charge in [-0.1, -0.05) is 13.0 Å². The van der Waals surface area contributed by atoms with E-state index in [1.54, 1.807) is 10.9 Å². The number of rotatable bonds is 7. The largest absolute Gasteiger partial charge is 0.310 e. The Balaban J connectivity index is 2.16. The van der Waals surface area contributed by atoms with Crippen LogP contribution in [-0.4, -0.2) is 16.3 Å². The average Bonchev–Trinajstić information content (AvgIpc) is 2.86. The summed E-state index contributed by atoms with van der Waals surface area (Å²) in [5, 5.41) is 7.35. The molecule has 0 saturated carbocycles. The smallest absolute Gasteiger partial charge is 0.130 e. The third-order valence-corrected chi connectivity index (χ3v) is 3.60. The van der Waals surface area contributed by atoms with Crippen LogP contribution in [-0.2, 0) is 13.5 Å². The van der Waals surface area contributed by atoms with Crippen LogP contribution in [0.2, 0.25) is 0 Å². The lowest BCUT2D eigenvalue weighted by atomic mass is 9.99. The second kappa shape index (κ2) is 7.31. The van der Waals surface area contributed by atoms with Crippen LogP contribution in [0, 0.1) is 11.6 Å². The fraction of sp³-hybridized carbons (Fsp3) is 0.438. The van der Waals surface area contributed by atoms with Gasteiger partial charge in [0.15, 0.2) is 0 Å². The second-order valence-corrected chi connectivity index (χ2v) is 5.13. The van der Waals surface area contributed by atoms with Crippen molar-refractivity contribution in [1.29, 1.82) is 0 Å². The summed E-state index contributed by atoms with van der Waals surface area (Å²) in [5.74, 6) is -0.984. The van der Waals surface area contributed by atoms with Crippen molar-refractivity contribution < 1.29 is 8.78 Å². The predicted octanol–water partition coefficient (Wildman–Crippen LogP) is 3.37. The molecule has 0 saturated heterocycles. The van der Waals surface area contributed by atoms with Gasteiger partial charge in [0.25, 0.3) is 0 Å². The summed E-state index contributed by atoms with van der Waals surface area (Å²) in [7, 11) is 1.87. The first kappa shape index (κ1) is 15.6. The van der Waals surface area contributed by atoms with Crippen molar-refractivity contribution in [2.75, 3.05) is 6.54 Å². The number of aryl methyl sites for hydroxylation is 2. The van der Waals surface area contributed by atoms with Crippen LogP contribution in [0.5, 0.6) is 0 Å². The lowest BCUT2D eigenvalue weighted by Gasteiger charge is -2.20. The zero-order valence-electron chi connectivity index (χ0n) is 12.4. The molecule has 3 nitrogen and oxygen atoms in total. The summed E-state index contributed by atoms with van der Waals surface area (Å²) in [5.41, 5.74) is 1.18. The Labute approximate surface area is 124 Å². The van der Waals surface area contributed by atoms with Crippen molar-refractivity contribution in [2.24, 2.45) is 7.05 Å². The first-order chi connectivity index (χ1) is 10.1. The minimum Gasteiger partial charge on any atom is -0.310 e. The van der Waals surface area contributed by atoms with Gasteiger partial charge in [-0.15, -0.1) is 0 Å². The molecule has 0 amide bonds. The van der Waals surface area contributed by atoms with Crippen molar-refractivity contribution in [3.63, 3.8) is 0 Å². The van der Waals surface area contributed by atoms with E-state index >= 15 is 0 Å². The fourth-order valence-electron chi connectivity index (χ4n) is 2.45. The number of nitrogens with zero attached hydrogens (tertiary/aromatic N) is 2. The molecule has 1 aromatic heterocycles. The van der Waals surface area contributed by atoms with Gasteiger partial charge in [0, 0.05) is 30.5 Å². The monoisotopic (exact) mass is 293 g/mol. The lowest BCUT2D eigenvalue weighted by Crippen LogP contribution is -2.25. The molecule has 1 N–H and O–H groups in total. The van der Waals surface area contributed by atoms with Gasteiger partial charge in [0.1, 0.15) is 11.6 Å². The third kappa shape index (κ3) is 3.88. The second-order valence-electron chi connectivity index (χ2n) is 5.13. The molecule has 2 rings (SSSR count). The van der Waals surface area contributed by atoms with Gasteiger partial charge in [-0.05, 0) is 44.0 Å². The molecule has 1 unspecified atom stereocenters. The molecule has 0 aliphatic rings. The Bertz CT molecular complexity index is 560. The molecule has 2 aromatic rings. The molecule has 0 bridgehead atoms. The van der Waals surface area contributed by atoms with E-state index in [4.69, 9.17) is 0 Å². The number of benzene rings is 1. The van der Waals surface area contributed by atoms with E-state index in [9.17, 15) is 8.78 Å². The fourth-order valence-corrected chi connectivity index (χ4v) is 2.45. The molecule has 1 heterocycles. The van der Waals surface area contributed by atoms with Crippen LogP contribution in [0.4, 0.5) is 8.78 Å². The maximum absolute atomic E-state index is 14.0. The predicted molar refractivity (Wildman–Crippen MR) is 78.9 cm³/mol. The number of hydrogen-bond acceptors (Lipinski definition) is 2. The molecule has 0 radical (unpaired) electrons. The minimum absolute atomic E-state index is 0.133. The first-order valence-corrected chi connectivity index (χ1v) is 7.27. The van der Waals surface area contributed by atoms with E-state index < -0.39 is 11.6 Å². The summed E-state index contributed by atoms with van der Waals surface area (Å²) >= 11 is 0. The maximum atomic E-state index is 14.0. The van der Waals surface area contributed by atoms with Gasteiger partial charge in [-0.25, -0.2) is 8.78 Å². The Morgan fingerprint density at radius 2 is 1.95 bits per heavy atom. The number of hydrogen-bond donors (Lipinski definition) is 1. The SMILES string of the molecule is CCCNC(CCc1ccnn1C)c1c(F)cccc1F. The van der Waals surface area contributed by atoms with Crippen molar-refractivity contribution in [1.82, 2.24) is 15.1 Å². The van der Waals surface area contributed by atoms with Gasteiger partial charge in [0.05, 0.1) is 0 Å². The van der Waals surface area contributed by atoms with Crippen molar-refractivity contribution >= 4 is 0 Å². The summed E-state index contributed by atoms with van der Waals surface area (Å²) in [4.78, 5) is 0. The van der Waals surface area contributed by atoms with Crippen LogP contribution in [0.15, 0.2) is 30.5 Å². The van der Waals surface area contributed by atoms with E-state index in [1.165, 1.54) is 18.2 Å². The van der Waals surface area contributed by atoms with Crippen molar-refractivity contribution in [3.05, 3.63) is 53.4 Å². The highest BCUT2D eigenvalue weighted by molar-refractivity contribution is 5.23. The van der Waals surface area contributed by atoms with Crippen LogP contribution in [0.1, 0.15) is 37.1 Å². The van der Waals surface area contributed by atoms with Crippen LogP contribution >= 0.6 is 0 Å². The topological polar surface area (TPSA) is 29.9 Å². The van der Waals surface area contributed by atoms with Crippen LogP contribution < -0.4 is 5.32 Å². The standard InChI is InChI=1S/C16H21F2N3/c1-3-10-19-15(8-7-12-9-11-20-21(12)2)16-13(17)5-4-6-14(16)18/h4-6,9,11,15,19H,3,7-8,10H2,1-2H3. The third-order valence-electron chi connectivity index (χ3n) is 3.60. The Morgan fingerprint density at radius 1 is 1.24 bits per heavy atom. The van der Waals surface area contributed by atoms with E-state index in [2.05, 4.69) is 10.4 Å². The highest BCUT2D eigenvalue weighted by Gasteiger charge is 2.19. The zero-order valence-corrected chi connectivity index (χ0v) is 12.4. The normalized spacial score (nSPS) is 12.6. The summed E-state index contributed by atoms with van der Waals surface area (Å²) < 4.78 is 29.7. The van der Waals surface area contributed by atoms with Crippen molar-refractivity contribution in [2.45, 2.75) is 32.2 Å². The Kier molecular flexibility index (Phi) is 5.44. The zero-order chi connectivity index (χ0) is 15.2. The lowest BCUT2D eigenvalue weighted by molar-refractivity contribution is 0.442. The summed E-state index contributed by atoms with van der Waals surface area (Å²) in [6.45, 7) is 2.76. The molecule has 0 aliphatic carbocycles.